The Bertz CT molecular complexity index is 861. The van der Waals surface area contributed by atoms with Crippen molar-refractivity contribution in [2.45, 2.75) is 0 Å². The van der Waals surface area contributed by atoms with Crippen molar-refractivity contribution in [3.8, 4) is 23.1 Å². The zero-order valence-electron chi connectivity index (χ0n) is 12.0. The Morgan fingerprint density at radius 3 is 2.62 bits per heavy atom. The maximum absolute atomic E-state index is 13.9. The van der Waals surface area contributed by atoms with Crippen LogP contribution in [-0.2, 0) is 0 Å². The summed E-state index contributed by atoms with van der Waals surface area (Å²) in [5.41, 5.74) is 0. The predicted octanol–water partition coefficient (Wildman–Crippen LogP) is 3.31. The summed E-state index contributed by atoms with van der Waals surface area (Å²) < 4.78 is 25.9. The first-order valence-corrected chi connectivity index (χ1v) is 8.41. The number of halogens is 2. The Kier molecular flexibility index (Phi) is 5.15. The van der Waals surface area contributed by atoms with Crippen LogP contribution in [0.1, 0.15) is 0 Å². The van der Waals surface area contributed by atoms with Gasteiger partial charge in [-0.25, -0.2) is 9.37 Å². The largest absolute Gasteiger partial charge is 0.499 e. The van der Waals surface area contributed by atoms with Gasteiger partial charge < -0.3 is 19.5 Å². The number of nitrogens with zero attached hydrogens (tertiary/aromatic N) is 1. The van der Waals surface area contributed by atoms with E-state index in [9.17, 15) is 4.39 Å². The van der Waals surface area contributed by atoms with E-state index in [0.29, 0.717) is 26.8 Å². The second kappa shape index (κ2) is 7.31. The fourth-order valence-electron chi connectivity index (χ4n) is 1.84. The van der Waals surface area contributed by atoms with E-state index in [0.717, 1.165) is 11.3 Å². The van der Waals surface area contributed by atoms with E-state index in [2.05, 4.69) is 20.9 Å². The Hall–Kier alpha value is -1.94. The molecule has 5 nitrogen and oxygen atoms in total. The summed E-state index contributed by atoms with van der Waals surface area (Å²) in [4.78, 5) is 4.13. The van der Waals surface area contributed by atoms with Crippen LogP contribution in [0.2, 0.25) is 0 Å². The molecule has 0 aliphatic carbocycles. The van der Waals surface area contributed by atoms with Crippen molar-refractivity contribution in [3.05, 3.63) is 58.3 Å². The quantitative estimate of drug-likeness (QED) is 0.499. The molecule has 2 aromatic heterocycles. The fourth-order valence-corrected chi connectivity index (χ4v) is 2.84. The molecule has 0 saturated heterocycles. The first-order chi connectivity index (χ1) is 11.5. The molecule has 1 aromatic carbocycles. The van der Waals surface area contributed by atoms with Crippen molar-refractivity contribution in [2.75, 3.05) is 0 Å². The van der Waals surface area contributed by atoms with Crippen LogP contribution in [0, 0.1) is 5.82 Å². The van der Waals surface area contributed by atoms with Gasteiger partial charge in [-0.05, 0) is 40.2 Å². The van der Waals surface area contributed by atoms with Crippen LogP contribution in [0.15, 0.2) is 52.4 Å². The lowest BCUT2D eigenvalue weighted by Crippen LogP contribution is -2.26. The molecular weight excluding hydrogens is 400 g/mol. The van der Waals surface area contributed by atoms with E-state index < -0.39 is 12.9 Å². The highest BCUT2D eigenvalue weighted by molar-refractivity contribution is 9.10. The van der Waals surface area contributed by atoms with Crippen molar-refractivity contribution in [1.29, 1.82) is 0 Å². The summed E-state index contributed by atoms with van der Waals surface area (Å²) >= 11 is 4.34. The molecule has 0 aliphatic heterocycles. The monoisotopic (exact) mass is 409 g/mol. The van der Waals surface area contributed by atoms with Crippen molar-refractivity contribution < 1.29 is 23.9 Å². The molecule has 0 saturated carbocycles. The molecule has 0 atom stereocenters. The highest BCUT2D eigenvalue weighted by Gasteiger charge is 2.16. The summed E-state index contributed by atoms with van der Waals surface area (Å²) in [6.07, 6.45) is 0. The molecule has 3 rings (SSSR count). The molecule has 0 amide bonds. The Morgan fingerprint density at radius 2 is 1.92 bits per heavy atom. The Labute approximate surface area is 149 Å². The molecule has 0 unspecified atom stereocenters. The van der Waals surface area contributed by atoms with E-state index in [-0.39, 0.29) is 5.75 Å². The SMILES string of the molecule is OB(O)c1cc(Oc2cc(Oc3cccc(Br)n3)ccc2F)cs1. The molecule has 24 heavy (non-hydrogen) atoms. The van der Waals surface area contributed by atoms with Crippen molar-refractivity contribution >= 4 is 39.2 Å². The minimum Gasteiger partial charge on any atom is -0.453 e. The van der Waals surface area contributed by atoms with Gasteiger partial charge in [0, 0.05) is 22.3 Å². The molecule has 2 N–H and O–H groups in total. The molecule has 2 heterocycles. The van der Waals surface area contributed by atoms with Gasteiger partial charge >= 0.3 is 7.12 Å². The van der Waals surface area contributed by atoms with Crippen molar-refractivity contribution in [3.63, 3.8) is 0 Å². The van der Waals surface area contributed by atoms with Crippen molar-refractivity contribution in [2.24, 2.45) is 0 Å². The van der Waals surface area contributed by atoms with Crippen LogP contribution in [0.4, 0.5) is 4.39 Å². The number of thiophene rings is 1. The normalized spacial score (nSPS) is 10.5. The predicted molar refractivity (Wildman–Crippen MR) is 92.6 cm³/mol. The standard InChI is InChI=1S/C15H10BBrFNO4S/c17-14-2-1-3-15(19-14)23-9-4-5-11(18)12(6-9)22-10-7-13(16(20)21)24-8-10/h1-8,20-21H. The first-order valence-electron chi connectivity index (χ1n) is 6.73. The number of hydrogen-bond donors (Lipinski definition) is 2. The van der Waals surface area contributed by atoms with Crippen LogP contribution in [0.3, 0.4) is 0 Å². The van der Waals surface area contributed by atoms with E-state index >= 15 is 0 Å². The van der Waals surface area contributed by atoms with Gasteiger partial charge in [-0.3, -0.25) is 0 Å². The van der Waals surface area contributed by atoms with Gasteiger partial charge in [-0.15, -0.1) is 11.3 Å². The van der Waals surface area contributed by atoms with E-state index in [1.165, 1.54) is 24.3 Å². The average molecular weight is 410 g/mol. The third kappa shape index (κ3) is 4.12. The number of pyridine rings is 1. The van der Waals surface area contributed by atoms with Crippen molar-refractivity contribution in [1.82, 2.24) is 4.98 Å². The molecule has 3 aromatic rings. The number of hydrogen-bond acceptors (Lipinski definition) is 6. The molecule has 0 radical (unpaired) electrons. The molecule has 122 valence electrons. The molecule has 0 spiro atoms. The maximum Gasteiger partial charge on any atom is 0.499 e. The summed E-state index contributed by atoms with van der Waals surface area (Å²) in [7, 11) is -1.59. The summed E-state index contributed by atoms with van der Waals surface area (Å²) in [5, 5.41) is 19.7. The summed E-state index contributed by atoms with van der Waals surface area (Å²) in [6, 6.07) is 10.7. The van der Waals surface area contributed by atoms with E-state index in [4.69, 9.17) is 19.5 Å². The lowest BCUT2D eigenvalue weighted by atomic mass is 9.90. The number of benzene rings is 1. The van der Waals surface area contributed by atoms with E-state index in [1.807, 2.05) is 0 Å². The second-order valence-corrected chi connectivity index (χ2v) is 6.41. The number of aromatic nitrogens is 1. The van der Waals surface area contributed by atoms with Gasteiger partial charge in [0.15, 0.2) is 11.6 Å². The van der Waals surface area contributed by atoms with Gasteiger partial charge in [0.05, 0.1) is 0 Å². The highest BCUT2D eigenvalue weighted by atomic mass is 79.9. The van der Waals surface area contributed by atoms with Crippen LogP contribution in [0.25, 0.3) is 0 Å². The second-order valence-electron chi connectivity index (χ2n) is 4.65. The maximum atomic E-state index is 13.9. The molecule has 0 bridgehead atoms. The lowest BCUT2D eigenvalue weighted by Gasteiger charge is -2.09. The molecule has 0 fully saturated rings. The topological polar surface area (TPSA) is 71.8 Å². The minimum absolute atomic E-state index is 0.0423. The van der Waals surface area contributed by atoms with Gasteiger partial charge in [0.25, 0.3) is 0 Å². The van der Waals surface area contributed by atoms with Gasteiger partial charge in [-0.2, -0.15) is 0 Å². The van der Waals surface area contributed by atoms with Crippen LogP contribution >= 0.6 is 27.3 Å². The summed E-state index contributed by atoms with van der Waals surface area (Å²) in [5.74, 6) is 0.402. The molecule has 9 heteroatoms. The number of ether oxygens (including phenoxy) is 2. The minimum atomic E-state index is -1.59. The number of rotatable bonds is 5. The Balaban J connectivity index is 1.80. The third-order valence-corrected chi connectivity index (χ3v) is 4.29. The summed E-state index contributed by atoms with van der Waals surface area (Å²) in [6.45, 7) is 0. The lowest BCUT2D eigenvalue weighted by molar-refractivity contribution is 0.423. The van der Waals surface area contributed by atoms with E-state index in [1.54, 1.807) is 23.6 Å². The average Bonchev–Trinajstić information content (AvgIpc) is 2.99. The first kappa shape index (κ1) is 16.9. The van der Waals surface area contributed by atoms with Gasteiger partial charge in [0.2, 0.25) is 5.88 Å². The van der Waals surface area contributed by atoms with Gasteiger partial charge in [-0.1, -0.05) is 6.07 Å². The van der Waals surface area contributed by atoms with Gasteiger partial charge in [0.1, 0.15) is 16.1 Å². The highest BCUT2D eigenvalue weighted by Crippen LogP contribution is 2.31. The third-order valence-electron chi connectivity index (χ3n) is 2.89. The fraction of sp³-hybridized carbons (Fsp3) is 0. The zero-order valence-corrected chi connectivity index (χ0v) is 14.4. The van der Waals surface area contributed by atoms with Crippen LogP contribution in [0.5, 0.6) is 23.1 Å². The smallest absolute Gasteiger partial charge is 0.453 e. The zero-order chi connectivity index (χ0) is 17.1. The van der Waals surface area contributed by atoms with Crippen LogP contribution in [-0.4, -0.2) is 22.2 Å². The van der Waals surface area contributed by atoms with Crippen LogP contribution < -0.4 is 14.3 Å². The molecular formula is C15H10BBrFNO4S. The Morgan fingerprint density at radius 1 is 1.08 bits per heavy atom. The molecule has 0 aliphatic rings.